The smallest absolute Gasteiger partial charge is 0.286 e. The Morgan fingerprint density at radius 2 is 1.65 bits per heavy atom. The first kappa shape index (κ1) is 22.3. The van der Waals surface area contributed by atoms with Crippen LogP contribution in [-0.4, -0.2) is 18.5 Å². The number of ether oxygens (including phenoxy) is 2. The van der Waals surface area contributed by atoms with Gasteiger partial charge in [-0.15, -0.1) is 0 Å². The Morgan fingerprint density at radius 1 is 1.04 bits per heavy atom. The van der Waals surface area contributed by atoms with E-state index < -0.39 is 6.10 Å². The number of carbonyl (C=O) groups excluding carboxylic acids is 1. The first-order valence-electron chi connectivity index (χ1n) is 9.84. The summed E-state index contributed by atoms with van der Waals surface area (Å²) in [5.74, 6) is 0.470. The van der Waals surface area contributed by atoms with E-state index in [1.807, 2.05) is 6.92 Å². The van der Waals surface area contributed by atoms with Crippen LogP contribution >= 0.6 is 0 Å². The Kier molecular flexibility index (Phi) is 10.1. The molecular weight excluding hydrogens is 324 g/mol. The molecular formula is C23H36O3. The lowest BCUT2D eigenvalue weighted by atomic mass is 10.0. The second kappa shape index (κ2) is 11.8. The van der Waals surface area contributed by atoms with E-state index in [1.54, 1.807) is 6.92 Å². The molecule has 0 aromatic carbocycles. The molecule has 1 rings (SSSR count). The largest absolute Gasteiger partial charge is 0.465 e. The summed E-state index contributed by atoms with van der Waals surface area (Å²) < 4.78 is 11.2. The Morgan fingerprint density at radius 3 is 2.27 bits per heavy atom. The molecule has 0 amide bonds. The van der Waals surface area contributed by atoms with Gasteiger partial charge in [0.25, 0.3) is 5.95 Å². The van der Waals surface area contributed by atoms with Gasteiger partial charge in [0.15, 0.2) is 6.10 Å². The van der Waals surface area contributed by atoms with Gasteiger partial charge < -0.3 is 9.47 Å². The summed E-state index contributed by atoms with van der Waals surface area (Å²) >= 11 is 0. The fourth-order valence-electron chi connectivity index (χ4n) is 2.75. The van der Waals surface area contributed by atoms with Gasteiger partial charge in [0.05, 0.1) is 12.2 Å². The molecule has 0 radical (unpaired) electrons. The third-order valence-corrected chi connectivity index (χ3v) is 4.46. The van der Waals surface area contributed by atoms with Crippen molar-refractivity contribution in [1.82, 2.24) is 0 Å². The van der Waals surface area contributed by atoms with Crippen molar-refractivity contribution in [2.24, 2.45) is 0 Å². The van der Waals surface area contributed by atoms with Crippen molar-refractivity contribution in [3.63, 3.8) is 0 Å². The van der Waals surface area contributed by atoms with Crippen LogP contribution in [0.15, 0.2) is 46.5 Å². The lowest BCUT2D eigenvalue weighted by molar-refractivity contribution is -0.122. The first-order valence-corrected chi connectivity index (χ1v) is 9.84. The summed E-state index contributed by atoms with van der Waals surface area (Å²) in [6, 6.07) is 0. The van der Waals surface area contributed by atoms with E-state index in [-0.39, 0.29) is 5.78 Å². The van der Waals surface area contributed by atoms with E-state index in [1.165, 1.54) is 16.7 Å². The molecule has 1 heterocycles. The number of carbonyl (C=O) groups is 1. The van der Waals surface area contributed by atoms with Crippen LogP contribution in [0.1, 0.15) is 80.1 Å². The maximum absolute atomic E-state index is 12.2. The van der Waals surface area contributed by atoms with E-state index >= 15 is 0 Å². The van der Waals surface area contributed by atoms with Crippen molar-refractivity contribution < 1.29 is 14.3 Å². The van der Waals surface area contributed by atoms with Gasteiger partial charge in [0.1, 0.15) is 0 Å². The van der Waals surface area contributed by atoms with Gasteiger partial charge in [-0.05, 0) is 66.7 Å². The van der Waals surface area contributed by atoms with Crippen LogP contribution in [0, 0.1) is 0 Å². The van der Waals surface area contributed by atoms with Gasteiger partial charge in [0, 0.05) is 6.42 Å². The van der Waals surface area contributed by atoms with E-state index in [0.717, 1.165) is 32.1 Å². The fourth-order valence-corrected chi connectivity index (χ4v) is 2.75. The normalized spacial score (nSPS) is 18.2. The molecule has 146 valence electrons. The number of allylic oxidation sites excluding steroid dienone is 5. The standard InChI is InChI=1S/C23H36O3/c1-7-16-25-23-20(6)22(24)21(26-23)15-14-19(5)13-9-12-18(4)11-8-10-17(2)3/h10,12,14,21H,7-9,11,13,15-16H2,1-6H3/b18-12+,19-14+. The molecule has 1 atom stereocenters. The van der Waals surface area contributed by atoms with Gasteiger partial charge in [-0.1, -0.05) is 41.9 Å². The van der Waals surface area contributed by atoms with Crippen molar-refractivity contribution in [3.05, 3.63) is 46.5 Å². The summed E-state index contributed by atoms with van der Waals surface area (Å²) in [6.07, 6.45) is 12.2. The predicted octanol–water partition coefficient (Wildman–Crippen LogP) is 6.42. The molecule has 3 heteroatoms. The highest BCUT2D eigenvalue weighted by molar-refractivity contribution is 6.00. The minimum Gasteiger partial charge on any atom is -0.465 e. The van der Waals surface area contributed by atoms with Gasteiger partial charge in [-0.25, -0.2) is 0 Å². The predicted molar refractivity (Wildman–Crippen MR) is 109 cm³/mol. The fraction of sp³-hybridized carbons (Fsp3) is 0.609. The zero-order valence-corrected chi connectivity index (χ0v) is 17.5. The molecule has 1 aliphatic heterocycles. The van der Waals surface area contributed by atoms with Crippen molar-refractivity contribution in [2.75, 3.05) is 6.61 Å². The lowest BCUT2D eigenvalue weighted by Gasteiger charge is -2.11. The average Bonchev–Trinajstić information content (AvgIpc) is 2.85. The zero-order chi connectivity index (χ0) is 19.5. The number of rotatable bonds is 11. The van der Waals surface area contributed by atoms with Gasteiger partial charge in [-0.2, -0.15) is 0 Å². The number of ketones is 1. The molecule has 26 heavy (non-hydrogen) atoms. The lowest BCUT2D eigenvalue weighted by Crippen LogP contribution is -2.17. The molecule has 3 nitrogen and oxygen atoms in total. The minimum atomic E-state index is -0.418. The second-order valence-corrected chi connectivity index (χ2v) is 7.43. The van der Waals surface area contributed by atoms with Gasteiger partial charge >= 0.3 is 0 Å². The topological polar surface area (TPSA) is 35.5 Å². The van der Waals surface area contributed by atoms with Gasteiger partial charge in [0.2, 0.25) is 5.78 Å². The summed E-state index contributed by atoms with van der Waals surface area (Å²) in [5.41, 5.74) is 4.75. The maximum atomic E-state index is 12.2. The van der Waals surface area contributed by atoms with E-state index in [0.29, 0.717) is 24.5 Å². The quantitative estimate of drug-likeness (QED) is 0.399. The number of hydrogen-bond donors (Lipinski definition) is 0. The van der Waals surface area contributed by atoms with E-state index in [9.17, 15) is 4.79 Å². The molecule has 1 aliphatic rings. The van der Waals surface area contributed by atoms with Crippen LogP contribution in [-0.2, 0) is 14.3 Å². The zero-order valence-electron chi connectivity index (χ0n) is 17.5. The summed E-state index contributed by atoms with van der Waals surface area (Å²) in [7, 11) is 0. The van der Waals surface area contributed by atoms with Crippen molar-refractivity contribution >= 4 is 5.78 Å². The molecule has 0 N–H and O–H groups in total. The minimum absolute atomic E-state index is 0.0511. The molecule has 0 spiro atoms. The van der Waals surface area contributed by atoms with Crippen molar-refractivity contribution in [2.45, 2.75) is 86.2 Å². The Bertz CT molecular complexity index is 587. The van der Waals surface area contributed by atoms with Crippen LogP contribution in [0.3, 0.4) is 0 Å². The van der Waals surface area contributed by atoms with Crippen LogP contribution in [0.5, 0.6) is 0 Å². The SMILES string of the molecule is CCCOC1=C(C)C(=O)C(C/C=C(\C)CC/C=C(\C)CCC=C(C)C)O1. The highest BCUT2D eigenvalue weighted by atomic mass is 16.7. The van der Waals surface area contributed by atoms with Gasteiger partial charge in [-0.3, -0.25) is 4.79 Å². The summed E-state index contributed by atoms with van der Waals surface area (Å²) in [6.45, 7) is 13.0. The molecule has 0 bridgehead atoms. The monoisotopic (exact) mass is 360 g/mol. The molecule has 0 aliphatic carbocycles. The average molecular weight is 361 g/mol. The molecule has 0 saturated carbocycles. The van der Waals surface area contributed by atoms with Crippen molar-refractivity contribution in [1.29, 1.82) is 0 Å². The highest BCUT2D eigenvalue weighted by Gasteiger charge is 2.32. The number of hydrogen-bond acceptors (Lipinski definition) is 3. The molecule has 0 fully saturated rings. The first-order chi connectivity index (χ1) is 12.3. The van der Waals surface area contributed by atoms with Crippen LogP contribution in [0.4, 0.5) is 0 Å². The van der Waals surface area contributed by atoms with Crippen LogP contribution in [0.2, 0.25) is 0 Å². The Balaban J connectivity index is 2.38. The highest BCUT2D eigenvalue weighted by Crippen LogP contribution is 2.25. The van der Waals surface area contributed by atoms with E-state index in [4.69, 9.17) is 9.47 Å². The van der Waals surface area contributed by atoms with Crippen molar-refractivity contribution in [3.8, 4) is 0 Å². The number of Topliss-reactive ketones (excluding diaryl/α,β-unsaturated/α-hetero) is 1. The Hall–Kier alpha value is -1.77. The summed E-state index contributed by atoms with van der Waals surface area (Å²) in [4.78, 5) is 12.2. The molecule has 0 aromatic rings. The molecule has 0 saturated heterocycles. The summed E-state index contributed by atoms with van der Waals surface area (Å²) in [5, 5.41) is 0. The second-order valence-electron chi connectivity index (χ2n) is 7.43. The van der Waals surface area contributed by atoms with Crippen LogP contribution < -0.4 is 0 Å². The molecule has 1 unspecified atom stereocenters. The Labute approximate surface area is 159 Å². The van der Waals surface area contributed by atoms with E-state index in [2.05, 4.69) is 45.9 Å². The maximum Gasteiger partial charge on any atom is 0.286 e. The third-order valence-electron chi connectivity index (χ3n) is 4.46. The molecule has 0 aromatic heterocycles. The van der Waals surface area contributed by atoms with Crippen LogP contribution in [0.25, 0.3) is 0 Å². The third kappa shape index (κ3) is 8.07.